The van der Waals surface area contributed by atoms with Crippen LogP contribution in [0.4, 0.5) is 0 Å². The molecule has 3 amide bonds. The molecule has 33 heavy (non-hydrogen) atoms. The van der Waals surface area contributed by atoms with Crippen molar-refractivity contribution < 1.29 is 14.4 Å². The molecule has 1 aromatic rings. The Hall–Kier alpha value is -2.38. The minimum atomic E-state index is -0.107. The van der Waals surface area contributed by atoms with Gasteiger partial charge in [0, 0.05) is 69.9 Å². The minimum Gasteiger partial charge on any atom is -0.342 e. The molecule has 2 saturated heterocycles. The maximum atomic E-state index is 13.6. The first-order chi connectivity index (χ1) is 16.0. The van der Waals surface area contributed by atoms with Crippen molar-refractivity contribution >= 4 is 17.7 Å². The fourth-order valence-electron chi connectivity index (χ4n) is 6.27. The van der Waals surface area contributed by atoms with Crippen LogP contribution < -0.4 is 0 Å². The average Bonchev–Trinajstić information content (AvgIpc) is 3.51. The molecule has 3 aliphatic heterocycles. The van der Waals surface area contributed by atoms with Gasteiger partial charge in [0.25, 0.3) is 5.91 Å². The van der Waals surface area contributed by atoms with Crippen LogP contribution >= 0.6 is 0 Å². The number of nitrogens with zero attached hydrogens (tertiary/aromatic N) is 5. The second kappa shape index (κ2) is 9.47. The first-order valence-electron chi connectivity index (χ1n) is 12.9. The fraction of sp³-hybridized carbons (Fsp3) is 0.760. The first kappa shape index (κ1) is 22.4. The maximum Gasteiger partial charge on any atom is 0.274 e. The smallest absolute Gasteiger partial charge is 0.274 e. The second-order valence-corrected chi connectivity index (χ2v) is 10.4. The molecule has 180 valence electrons. The van der Waals surface area contributed by atoms with Gasteiger partial charge in [0.05, 0.1) is 5.92 Å². The van der Waals surface area contributed by atoms with E-state index in [0.29, 0.717) is 31.9 Å². The Kier molecular flexibility index (Phi) is 6.43. The van der Waals surface area contributed by atoms with Crippen molar-refractivity contribution in [1.29, 1.82) is 0 Å². The van der Waals surface area contributed by atoms with E-state index in [1.54, 1.807) is 0 Å². The number of likely N-dealkylation sites (tertiary alicyclic amines) is 2. The van der Waals surface area contributed by atoms with Gasteiger partial charge in [-0.15, -0.1) is 0 Å². The van der Waals surface area contributed by atoms with Gasteiger partial charge in [-0.25, -0.2) is 0 Å². The third-order valence-corrected chi connectivity index (χ3v) is 8.19. The summed E-state index contributed by atoms with van der Waals surface area (Å²) in [5.74, 6) is 0.396. The molecule has 1 aromatic heterocycles. The van der Waals surface area contributed by atoms with E-state index >= 15 is 0 Å². The summed E-state index contributed by atoms with van der Waals surface area (Å²) in [6, 6.07) is 0. The van der Waals surface area contributed by atoms with Crippen molar-refractivity contribution in [3.8, 4) is 0 Å². The molecule has 0 aromatic carbocycles. The van der Waals surface area contributed by atoms with Crippen molar-refractivity contribution in [3.05, 3.63) is 17.0 Å². The number of piperidine rings is 1. The number of rotatable bonds is 3. The topological polar surface area (TPSA) is 78.8 Å². The summed E-state index contributed by atoms with van der Waals surface area (Å²) in [6.07, 6.45) is 10.1. The molecule has 0 N–H and O–H groups in total. The summed E-state index contributed by atoms with van der Waals surface area (Å²) >= 11 is 0. The Labute approximate surface area is 196 Å². The second-order valence-electron chi connectivity index (χ2n) is 10.4. The van der Waals surface area contributed by atoms with Crippen molar-refractivity contribution in [2.75, 3.05) is 32.7 Å². The molecule has 4 heterocycles. The average molecular weight is 456 g/mol. The van der Waals surface area contributed by atoms with Crippen LogP contribution in [0.15, 0.2) is 0 Å². The van der Waals surface area contributed by atoms with Gasteiger partial charge in [0.1, 0.15) is 0 Å². The van der Waals surface area contributed by atoms with Crippen LogP contribution in [0.3, 0.4) is 0 Å². The van der Waals surface area contributed by atoms with E-state index in [9.17, 15) is 14.4 Å². The third-order valence-electron chi connectivity index (χ3n) is 8.19. The number of fused-ring (bicyclic) bond motifs is 1. The van der Waals surface area contributed by atoms with E-state index in [0.717, 1.165) is 82.1 Å². The highest BCUT2D eigenvalue weighted by Crippen LogP contribution is 2.30. The highest BCUT2D eigenvalue weighted by atomic mass is 16.2. The first-order valence-corrected chi connectivity index (χ1v) is 12.9. The van der Waals surface area contributed by atoms with Gasteiger partial charge in [-0.3, -0.25) is 19.1 Å². The van der Waals surface area contributed by atoms with Crippen LogP contribution in [0.25, 0.3) is 0 Å². The van der Waals surface area contributed by atoms with Gasteiger partial charge < -0.3 is 14.7 Å². The van der Waals surface area contributed by atoms with E-state index in [1.807, 2.05) is 26.4 Å². The molecule has 8 heteroatoms. The van der Waals surface area contributed by atoms with Crippen molar-refractivity contribution in [2.24, 2.45) is 18.9 Å². The molecule has 1 unspecified atom stereocenters. The molecule has 5 rings (SSSR count). The van der Waals surface area contributed by atoms with Crippen LogP contribution in [-0.4, -0.2) is 74.9 Å². The van der Waals surface area contributed by atoms with Crippen LogP contribution in [0.1, 0.15) is 79.5 Å². The highest BCUT2D eigenvalue weighted by Gasteiger charge is 2.37. The van der Waals surface area contributed by atoms with Crippen LogP contribution in [0, 0.1) is 11.8 Å². The fourth-order valence-corrected chi connectivity index (χ4v) is 6.27. The summed E-state index contributed by atoms with van der Waals surface area (Å²) in [5, 5.41) is 4.61. The SMILES string of the molecule is Cn1nc(C(=O)N2CCCC(C(=O)N3CCCC3)C2)c2c1CCN(C(=O)C1CCCCC1)C2. The lowest BCUT2D eigenvalue weighted by molar-refractivity contribution is -0.137. The molecule has 1 atom stereocenters. The van der Waals surface area contributed by atoms with Crippen LogP contribution in [0.2, 0.25) is 0 Å². The minimum absolute atomic E-state index is 0.0854. The van der Waals surface area contributed by atoms with E-state index < -0.39 is 0 Å². The Morgan fingerprint density at radius 1 is 0.758 bits per heavy atom. The summed E-state index contributed by atoms with van der Waals surface area (Å²) in [5.41, 5.74) is 2.45. The van der Waals surface area contributed by atoms with Gasteiger partial charge >= 0.3 is 0 Å². The number of aromatic nitrogens is 2. The molecular weight excluding hydrogens is 418 g/mol. The summed E-state index contributed by atoms with van der Waals surface area (Å²) in [7, 11) is 1.89. The number of hydrogen-bond acceptors (Lipinski definition) is 4. The predicted octanol–water partition coefficient (Wildman–Crippen LogP) is 2.36. The lowest BCUT2D eigenvalue weighted by Crippen LogP contribution is -2.46. The van der Waals surface area contributed by atoms with Gasteiger partial charge in [0.15, 0.2) is 5.69 Å². The largest absolute Gasteiger partial charge is 0.342 e. The number of carbonyl (C=O) groups is 3. The maximum absolute atomic E-state index is 13.6. The van der Waals surface area contributed by atoms with Gasteiger partial charge in [-0.1, -0.05) is 19.3 Å². The molecule has 8 nitrogen and oxygen atoms in total. The molecule has 0 bridgehead atoms. The predicted molar refractivity (Wildman–Crippen MR) is 123 cm³/mol. The summed E-state index contributed by atoms with van der Waals surface area (Å²) in [4.78, 5) is 45.4. The highest BCUT2D eigenvalue weighted by molar-refractivity contribution is 5.95. The van der Waals surface area contributed by atoms with Crippen molar-refractivity contribution in [3.63, 3.8) is 0 Å². The zero-order chi connectivity index (χ0) is 22.9. The monoisotopic (exact) mass is 455 g/mol. The molecular formula is C25H37N5O3. The zero-order valence-electron chi connectivity index (χ0n) is 19.9. The standard InChI is InChI=1S/C25H37N5O3/c1-27-21-11-15-30(23(31)18-8-3-2-4-9-18)17-20(21)22(26-27)25(33)29-14-7-10-19(16-29)24(32)28-12-5-6-13-28/h18-19H,2-17H2,1H3. The summed E-state index contributed by atoms with van der Waals surface area (Å²) < 4.78 is 1.82. The molecule has 1 aliphatic carbocycles. The van der Waals surface area contributed by atoms with Gasteiger partial charge in [0.2, 0.25) is 11.8 Å². The molecule has 0 radical (unpaired) electrons. The number of carbonyl (C=O) groups excluding carboxylic acids is 3. The summed E-state index contributed by atoms with van der Waals surface area (Å²) in [6.45, 7) is 4.02. The van der Waals surface area contributed by atoms with Crippen molar-refractivity contribution in [2.45, 2.75) is 70.8 Å². The third kappa shape index (κ3) is 4.41. The van der Waals surface area contributed by atoms with Crippen molar-refractivity contribution in [1.82, 2.24) is 24.5 Å². The molecule has 0 spiro atoms. The number of aryl methyl sites for hydroxylation is 1. The Balaban J connectivity index is 1.30. The van der Waals surface area contributed by atoms with E-state index in [2.05, 4.69) is 5.10 Å². The Bertz CT molecular complexity index is 913. The number of hydrogen-bond donors (Lipinski definition) is 0. The van der Waals surface area contributed by atoms with E-state index in [1.165, 1.54) is 6.42 Å². The van der Waals surface area contributed by atoms with E-state index in [4.69, 9.17) is 0 Å². The lowest BCUT2D eigenvalue weighted by Gasteiger charge is -2.34. The Morgan fingerprint density at radius 2 is 1.42 bits per heavy atom. The zero-order valence-corrected chi connectivity index (χ0v) is 19.9. The molecule has 4 aliphatic rings. The van der Waals surface area contributed by atoms with Crippen LogP contribution in [-0.2, 0) is 29.6 Å². The number of amides is 3. The molecule has 1 saturated carbocycles. The van der Waals surface area contributed by atoms with Gasteiger partial charge in [-0.05, 0) is 38.5 Å². The van der Waals surface area contributed by atoms with Gasteiger partial charge in [-0.2, -0.15) is 5.10 Å². The Morgan fingerprint density at radius 3 is 2.18 bits per heavy atom. The normalized spacial score (nSPS) is 24.2. The lowest BCUT2D eigenvalue weighted by atomic mass is 9.87. The molecule has 3 fully saturated rings. The van der Waals surface area contributed by atoms with E-state index in [-0.39, 0.29) is 29.6 Å². The quantitative estimate of drug-likeness (QED) is 0.701. The van der Waals surface area contributed by atoms with Crippen LogP contribution in [0.5, 0.6) is 0 Å².